The Morgan fingerprint density at radius 3 is 2.79 bits per heavy atom. The van der Waals surface area contributed by atoms with Gasteiger partial charge in [0.05, 0.1) is 0 Å². The number of anilines is 1. The first-order valence-corrected chi connectivity index (χ1v) is 10.1. The number of carbonyl (C=O) groups excluding carboxylic acids is 3. The van der Waals surface area contributed by atoms with Gasteiger partial charge in [0, 0.05) is 0 Å². The molecule has 3 amide bonds. The third-order valence-electron chi connectivity index (χ3n) is 3.90. The number of hydrogen-bond acceptors (Lipinski definition) is 5. The van der Waals surface area contributed by atoms with Gasteiger partial charge >= 0.3 is 153 Å². The van der Waals surface area contributed by atoms with Crippen LogP contribution >= 0.6 is 0 Å². The number of rotatable bonds is 2. The van der Waals surface area contributed by atoms with Crippen LogP contribution in [0.4, 0.5) is 10.5 Å². The number of aromatic nitrogens is 2. The fourth-order valence-electron chi connectivity index (χ4n) is 2.90. The van der Waals surface area contributed by atoms with Crippen molar-refractivity contribution in [2.75, 3.05) is 5.32 Å². The molecule has 1 aliphatic heterocycles. The number of piperidine rings is 1. The summed E-state index contributed by atoms with van der Waals surface area (Å²) in [5.74, 6) is -0.466. The number of amides is 3. The van der Waals surface area contributed by atoms with Gasteiger partial charge in [-0.1, -0.05) is 0 Å². The molecule has 0 radical (unpaired) electrons. The Hall–Kier alpha value is -2.09. The summed E-state index contributed by atoms with van der Waals surface area (Å²) >= 11 is -0.126. The van der Waals surface area contributed by atoms with Gasteiger partial charge < -0.3 is 0 Å². The molecule has 1 saturated heterocycles. The average Bonchev–Trinajstić information content (AvgIpc) is 2.48. The molecule has 3 rings (SSSR count). The molecule has 24 heavy (non-hydrogen) atoms. The maximum atomic E-state index is 13.0. The van der Waals surface area contributed by atoms with Gasteiger partial charge in [0.15, 0.2) is 0 Å². The van der Waals surface area contributed by atoms with Gasteiger partial charge in [0.25, 0.3) is 0 Å². The van der Waals surface area contributed by atoms with Gasteiger partial charge in [-0.25, -0.2) is 0 Å². The fourth-order valence-corrected chi connectivity index (χ4v) is 3.64. The quantitative estimate of drug-likeness (QED) is 0.455. The molecule has 1 aromatic carbocycles. The van der Waals surface area contributed by atoms with Crippen molar-refractivity contribution in [3.63, 3.8) is 0 Å². The third-order valence-corrected chi connectivity index (χ3v) is 4.59. The monoisotopic (exact) mass is 515 g/mol. The van der Waals surface area contributed by atoms with Gasteiger partial charge in [0.2, 0.25) is 0 Å². The maximum absolute atomic E-state index is 13.0. The van der Waals surface area contributed by atoms with Crippen LogP contribution in [0.1, 0.15) is 24.7 Å². The molecule has 0 aliphatic carbocycles. The van der Waals surface area contributed by atoms with E-state index in [-0.39, 0.29) is 53.7 Å². The molecule has 9 heteroatoms. The molecule has 2 heterocycles. The van der Waals surface area contributed by atoms with Crippen LogP contribution in [0.25, 0.3) is 10.9 Å². The minimum absolute atomic E-state index is 0.116. The number of carbonyl (C=O) groups is 3. The van der Waals surface area contributed by atoms with Crippen LogP contribution < -0.4 is 16.2 Å². The van der Waals surface area contributed by atoms with Crippen molar-refractivity contribution >= 4 is 31.8 Å². The van der Waals surface area contributed by atoms with E-state index in [1.165, 1.54) is 4.57 Å². The normalized spacial score (nSPS) is 17.7. The molecular formula is C15H13HgN4O4. The molecule has 2 N–H and O–H groups in total. The van der Waals surface area contributed by atoms with E-state index in [2.05, 4.69) is 15.6 Å². The van der Waals surface area contributed by atoms with Gasteiger partial charge in [-0.15, -0.1) is 0 Å². The van der Waals surface area contributed by atoms with Crippen LogP contribution in [0.15, 0.2) is 23.0 Å². The number of fused-ring (bicyclic) bond motifs is 1. The Balaban J connectivity index is 2.22. The number of benzene rings is 1. The molecule has 1 aliphatic rings. The van der Waals surface area contributed by atoms with Gasteiger partial charge in [-0.3, -0.25) is 0 Å². The summed E-state index contributed by atoms with van der Waals surface area (Å²) in [7, 11) is 0. The predicted molar refractivity (Wildman–Crippen MR) is 81.2 cm³/mol. The van der Waals surface area contributed by atoms with Gasteiger partial charge in [0.1, 0.15) is 0 Å². The van der Waals surface area contributed by atoms with Crippen molar-refractivity contribution in [1.29, 1.82) is 0 Å². The first-order chi connectivity index (χ1) is 11.4. The molecule has 0 spiro atoms. The number of aryl methyl sites for hydroxylation is 1. The summed E-state index contributed by atoms with van der Waals surface area (Å²) in [6.45, 7) is 1.64. The predicted octanol–water partition coefficient (Wildman–Crippen LogP) is 0.761. The summed E-state index contributed by atoms with van der Waals surface area (Å²) in [5, 5.41) is 5.22. The SMILES string of the molecule is Cc1nc2cccc(N[C](=O)[Hg])c2c(=O)n1[C@@H]1CCC(=O)NC1=O. The van der Waals surface area contributed by atoms with Crippen molar-refractivity contribution in [3.05, 3.63) is 34.4 Å². The Morgan fingerprint density at radius 2 is 2.12 bits per heavy atom. The summed E-state index contributed by atoms with van der Waals surface area (Å²) in [5.41, 5.74) is 0.455. The zero-order valence-electron chi connectivity index (χ0n) is 13.0. The van der Waals surface area contributed by atoms with Crippen LogP contribution in [-0.4, -0.2) is 24.8 Å². The number of imide groups is 1. The third kappa shape index (κ3) is 2.97. The summed E-state index contributed by atoms with van der Waals surface area (Å²) in [6.07, 6.45) is 0.415. The Morgan fingerprint density at radius 1 is 1.38 bits per heavy atom. The van der Waals surface area contributed by atoms with Crippen LogP contribution in [-0.2, 0) is 35.7 Å². The number of hydrogen-bond donors (Lipinski definition) is 2. The molecule has 1 aromatic heterocycles. The molecular weight excluding hydrogens is 501 g/mol. The molecule has 0 saturated carbocycles. The number of nitrogens with one attached hydrogen (secondary N) is 2. The molecule has 1 fully saturated rings. The number of nitrogens with zero attached hydrogens (tertiary/aromatic N) is 2. The fraction of sp³-hybridized carbons (Fsp3) is 0.267. The second-order valence-electron chi connectivity index (χ2n) is 5.55. The topological polar surface area (TPSA) is 110 Å². The Bertz CT molecular complexity index is 937. The minimum atomic E-state index is -0.782. The van der Waals surface area contributed by atoms with E-state index in [4.69, 9.17) is 0 Å². The Kier molecular flexibility index (Phi) is 4.48. The zero-order valence-corrected chi connectivity index (χ0v) is 18.5. The van der Waals surface area contributed by atoms with E-state index >= 15 is 0 Å². The standard InChI is InChI=1S/C15H13N4O4.Hg/c1-8-17-10-4-2-3-9(16-7-20)13(10)15(23)19(8)11-5-6-12(21)18-14(11)22;/h2-4,11H,5-6H2,1H3,(H,16,20)(H,18,21,22);/t11-;/m1./s1. The molecule has 119 valence electrons. The molecule has 2 aromatic rings. The Labute approximate surface area is 152 Å². The van der Waals surface area contributed by atoms with E-state index < -0.39 is 17.5 Å². The van der Waals surface area contributed by atoms with Crippen molar-refractivity contribution in [2.45, 2.75) is 25.8 Å². The summed E-state index contributed by atoms with van der Waals surface area (Å²) < 4.78 is 1.19. The first-order valence-electron chi connectivity index (χ1n) is 7.37. The molecule has 0 bridgehead atoms. The van der Waals surface area contributed by atoms with E-state index in [0.29, 0.717) is 17.0 Å². The molecule has 1 atom stereocenters. The second kappa shape index (κ2) is 6.42. The van der Waals surface area contributed by atoms with Crippen LogP contribution in [0.2, 0.25) is 0 Å². The van der Waals surface area contributed by atoms with Crippen molar-refractivity contribution in [2.24, 2.45) is 0 Å². The summed E-state index contributed by atoms with van der Waals surface area (Å²) in [6, 6.07) is 4.26. The van der Waals surface area contributed by atoms with Crippen molar-refractivity contribution < 1.29 is 40.5 Å². The van der Waals surface area contributed by atoms with Crippen LogP contribution in [0.5, 0.6) is 0 Å². The van der Waals surface area contributed by atoms with Crippen LogP contribution in [0.3, 0.4) is 0 Å². The van der Waals surface area contributed by atoms with Crippen molar-refractivity contribution in [1.82, 2.24) is 14.9 Å². The van der Waals surface area contributed by atoms with E-state index in [9.17, 15) is 19.2 Å². The zero-order chi connectivity index (χ0) is 17.4. The summed E-state index contributed by atoms with van der Waals surface area (Å²) in [4.78, 5) is 52.3. The van der Waals surface area contributed by atoms with Crippen LogP contribution in [0, 0.1) is 6.92 Å². The van der Waals surface area contributed by atoms with E-state index in [1.54, 1.807) is 25.1 Å². The second-order valence-corrected chi connectivity index (χ2v) is 8.05. The van der Waals surface area contributed by atoms with E-state index in [1.807, 2.05) is 0 Å². The first kappa shape index (κ1) is 16.8. The average molecular weight is 514 g/mol. The van der Waals surface area contributed by atoms with Gasteiger partial charge in [-0.2, -0.15) is 0 Å². The van der Waals surface area contributed by atoms with E-state index in [0.717, 1.165) is 0 Å². The van der Waals surface area contributed by atoms with Gasteiger partial charge in [-0.05, 0) is 0 Å². The van der Waals surface area contributed by atoms with Crippen molar-refractivity contribution in [3.8, 4) is 0 Å². The molecule has 0 unspecified atom stereocenters. The molecule has 8 nitrogen and oxygen atoms in total.